The number of hydrogen-bond acceptors (Lipinski definition) is 4. The van der Waals surface area contributed by atoms with Crippen molar-refractivity contribution in [1.29, 1.82) is 0 Å². The van der Waals surface area contributed by atoms with E-state index in [4.69, 9.17) is 0 Å². The van der Waals surface area contributed by atoms with Crippen LogP contribution in [0.25, 0.3) is 0 Å². The molecular formula is C19H23FN4O. The van der Waals surface area contributed by atoms with Crippen LogP contribution in [0.2, 0.25) is 0 Å². The molecule has 1 saturated heterocycles. The number of aromatic nitrogens is 2. The number of benzene rings is 1. The molecule has 132 valence electrons. The molecule has 1 amide bonds. The predicted molar refractivity (Wildman–Crippen MR) is 94.8 cm³/mol. The second-order valence-electron chi connectivity index (χ2n) is 6.54. The molecule has 1 atom stereocenters. The lowest BCUT2D eigenvalue weighted by molar-refractivity contribution is -0.122. The summed E-state index contributed by atoms with van der Waals surface area (Å²) in [6, 6.07) is 8.43. The van der Waals surface area contributed by atoms with Gasteiger partial charge < -0.3 is 10.2 Å². The topological polar surface area (TPSA) is 58.1 Å². The average Bonchev–Trinajstić information content (AvgIpc) is 2.63. The van der Waals surface area contributed by atoms with Crippen molar-refractivity contribution in [3.8, 4) is 0 Å². The Morgan fingerprint density at radius 2 is 2.00 bits per heavy atom. The number of carbonyl (C=O) groups is 1. The maximum absolute atomic E-state index is 13.3. The number of anilines is 1. The van der Waals surface area contributed by atoms with E-state index >= 15 is 0 Å². The molecule has 1 fully saturated rings. The van der Waals surface area contributed by atoms with Crippen LogP contribution in [0.5, 0.6) is 0 Å². The van der Waals surface area contributed by atoms with Crippen LogP contribution in [0.1, 0.15) is 37.7 Å². The van der Waals surface area contributed by atoms with Gasteiger partial charge in [0.2, 0.25) is 11.9 Å². The highest BCUT2D eigenvalue weighted by Crippen LogP contribution is 2.20. The van der Waals surface area contributed by atoms with E-state index in [2.05, 4.69) is 20.2 Å². The first-order valence-electron chi connectivity index (χ1n) is 8.68. The van der Waals surface area contributed by atoms with E-state index in [1.54, 1.807) is 24.5 Å². The highest BCUT2D eigenvalue weighted by molar-refractivity contribution is 5.77. The summed E-state index contributed by atoms with van der Waals surface area (Å²) < 4.78 is 13.3. The molecule has 5 nitrogen and oxygen atoms in total. The molecule has 0 bridgehead atoms. The van der Waals surface area contributed by atoms with Gasteiger partial charge in [0.25, 0.3) is 0 Å². The minimum absolute atomic E-state index is 0.00601. The van der Waals surface area contributed by atoms with Gasteiger partial charge in [0.1, 0.15) is 5.82 Å². The van der Waals surface area contributed by atoms with Crippen molar-refractivity contribution >= 4 is 11.9 Å². The monoisotopic (exact) mass is 342 g/mol. The Hall–Kier alpha value is -2.50. The number of carbonyl (C=O) groups excluding carboxylic acids is 1. The quantitative estimate of drug-likeness (QED) is 0.908. The van der Waals surface area contributed by atoms with Crippen molar-refractivity contribution in [2.75, 3.05) is 18.0 Å². The Labute approximate surface area is 147 Å². The van der Waals surface area contributed by atoms with Crippen LogP contribution < -0.4 is 10.2 Å². The zero-order valence-electron chi connectivity index (χ0n) is 14.4. The second kappa shape index (κ2) is 8.05. The van der Waals surface area contributed by atoms with Gasteiger partial charge in [-0.2, -0.15) is 0 Å². The van der Waals surface area contributed by atoms with Gasteiger partial charge in [-0.3, -0.25) is 4.79 Å². The van der Waals surface area contributed by atoms with E-state index < -0.39 is 0 Å². The van der Waals surface area contributed by atoms with Gasteiger partial charge in [-0.25, -0.2) is 14.4 Å². The third-order valence-electron chi connectivity index (χ3n) is 4.60. The first-order chi connectivity index (χ1) is 12.1. The van der Waals surface area contributed by atoms with Crippen LogP contribution in [0.15, 0.2) is 42.7 Å². The van der Waals surface area contributed by atoms with E-state index in [-0.39, 0.29) is 23.7 Å². The van der Waals surface area contributed by atoms with E-state index in [0.29, 0.717) is 6.42 Å². The summed E-state index contributed by atoms with van der Waals surface area (Å²) >= 11 is 0. The van der Waals surface area contributed by atoms with Crippen LogP contribution in [-0.4, -0.2) is 35.0 Å². The summed E-state index contributed by atoms with van der Waals surface area (Å²) in [7, 11) is 0. The summed E-state index contributed by atoms with van der Waals surface area (Å²) in [5.41, 5.74) is 0.853. The normalized spacial score (nSPS) is 16.5. The fraction of sp³-hybridized carbons (Fsp3) is 0.421. The first-order valence-corrected chi connectivity index (χ1v) is 8.68. The maximum Gasteiger partial charge on any atom is 0.225 e. The van der Waals surface area contributed by atoms with Gasteiger partial charge >= 0.3 is 0 Å². The van der Waals surface area contributed by atoms with Crippen molar-refractivity contribution in [3.05, 3.63) is 54.1 Å². The standard InChI is InChI=1S/C19H23FN4O/c1-14(15-4-2-5-16(20)13-15)12-18(25)23-17-6-10-24(11-7-17)19-21-8-3-9-22-19/h2-5,8-9,13-14,17H,6-7,10-12H2,1H3,(H,23,25)/t14-/m1/s1. The third-order valence-corrected chi connectivity index (χ3v) is 4.60. The highest BCUT2D eigenvalue weighted by atomic mass is 19.1. The Bertz CT molecular complexity index is 702. The highest BCUT2D eigenvalue weighted by Gasteiger charge is 2.22. The number of amides is 1. The number of piperidine rings is 1. The first kappa shape index (κ1) is 17.3. The number of hydrogen-bond donors (Lipinski definition) is 1. The molecule has 2 heterocycles. The average molecular weight is 342 g/mol. The van der Waals surface area contributed by atoms with Crippen LogP contribution in [-0.2, 0) is 4.79 Å². The molecular weight excluding hydrogens is 319 g/mol. The van der Waals surface area contributed by atoms with Crippen LogP contribution in [0.4, 0.5) is 10.3 Å². The Morgan fingerprint density at radius 3 is 2.68 bits per heavy atom. The largest absolute Gasteiger partial charge is 0.353 e. The van der Waals surface area contributed by atoms with Crippen molar-refractivity contribution in [1.82, 2.24) is 15.3 Å². The lowest BCUT2D eigenvalue weighted by Crippen LogP contribution is -2.45. The number of rotatable bonds is 5. The number of nitrogens with zero attached hydrogens (tertiary/aromatic N) is 3. The smallest absolute Gasteiger partial charge is 0.225 e. The van der Waals surface area contributed by atoms with Gasteiger partial charge in [0.15, 0.2) is 0 Å². The molecule has 25 heavy (non-hydrogen) atoms. The Morgan fingerprint density at radius 1 is 1.28 bits per heavy atom. The van der Waals surface area contributed by atoms with Gasteiger partial charge in [-0.1, -0.05) is 19.1 Å². The molecule has 6 heteroatoms. The van der Waals surface area contributed by atoms with Gasteiger partial charge in [-0.15, -0.1) is 0 Å². The zero-order chi connectivity index (χ0) is 17.6. The minimum Gasteiger partial charge on any atom is -0.353 e. The molecule has 1 aliphatic heterocycles. The van der Waals surface area contributed by atoms with Crippen LogP contribution in [0, 0.1) is 5.82 Å². The third kappa shape index (κ3) is 4.75. The zero-order valence-corrected chi connectivity index (χ0v) is 14.4. The molecule has 3 rings (SSSR count). The SMILES string of the molecule is C[C@H](CC(=O)NC1CCN(c2ncccn2)CC1)c1cccc(F)c1. The summed E-state index contributed by atoms with van der Waals surface area (Å²) in [6.45, 7) is 3.60. The fourth-order valence-corrected chi connectivity index (χ4v) is 3.17. The van der Waals surface area contributed by atoms with Crippen LogP contribution in [0.3, 0.4) is 0 Å². The van der Waals surface area contributed by atoms with Gasteiger partial charge in [-0.05, 0) is 42.5 Å². The van der Waals surface area contributed by atoms with Gasteiger partial charge in [0.05, 0.1) is 0 Å². The minimum atomic E-state index is -0.264. The van der Waals surface area contributed by atoms with E-state index in [9.17, 15) is 9.18 Å². The maximum atomic E-state index is 13.3. The van der Waals surface area contributed by atoms with Crippen LogP contribution >= 0.6 is 0 Å². The molecule has 0 unspecified atom stereocenters. The molecule has 0 spiro atoms. The number of nitrogens with one attached hydrogen (secondary N) is 1. The molecule has 0 radical (unpaired) electrons. The van der Waals surface area contributed by atoms with Crippen molar-refractivity contribution in [2.45, 2.75) is 38.1 Å². The summed E-state index contributed by atoms with van der Waals surface area (Å²) in [5, 5.41) is 3.11. The lowest BCUT2D eigenvalue weighted by Gasteiger charge is -2.32. The Kier molecular flexibility index (Phi) is 5.58. The molecule has 1 aromatic heterocycles. The molecule has 1 aromatic carbocycles. The molecule has 2 aromatic rings. The molecule has 1 N–H and O–H groups in total. The van der Waals surface area contributed by atoms with E-state index in [1.165, 1.54) is 12.1 Å². The fourth-order valence-electron chi connectivity index (χ4n) is 3.17. The summed E-state index contributed by atoms with van der Waals surface area (Å²) in [5.74, 6) is 0.493. The molecule has 0 aliphatic carbocycles. The number of halogens is 1. The predicted octanol–water partition coefficient (Wildman–Crippen LogP) is 2.89. The van der Waals surface area contributed by atoms with Crippen molar-refractivity contribution in [2.24, 2.45) is 0 Å². The Balaban J connectivity index is 1.46. The second-order valence-corrected chi connectivity index (χ2v) is 6.54. The van der Waals surface area contributed by atoms with Gasteiger partial charge in [0, 0.05) is 37.9 Å². The summed E-state index contributed by atoms with van der Waals surface area (Å²) in [4.78, 5) is 23.0. The van der Waals surface area contributed by atoms with Crippen molar-refractivity contribution < 1.29 is 9.18 Å². The van der Waals surface area contributed by atoms with E-state index in [1.807, 2.05) is 13.0 Å². The van der Waals surface area contributed by atoms with Crippen molar-refractivity contribution in [3.63, 3.8) is 0 Å². The molecule has 0 saturated carbocycles. The van der Waals surface area contributed by atoms with E-state index in [0.717, 1.165) is 37.4 Å². The lowest BCUT2D eigenvalue weighted by atomic mass is 9.96. The summed E-state index contributed by atoms with van der Waals surface area (Å²) in [6.07, 6.45) is 5.59. The molecule has 1 aliphatic rings.